The largest absolute Gasteiger partial charge is 0.348 e. The van der Waals surface area contributed by atoms with Gasteiger partial charge in [-0.2, -0.15) is 0 Å². The Bertz CT molecular complexity index is 551. The molecule has 0 radical (unpaired) electrons. The number of amides is 2. The minimum absolute atomic E-state index is 0. The summed E-state index contributed by atoms with van der Waals surface area (Å²) in [6.45, 7) is 9.81. The molecule has 4 N–H and O–H groups in total. The molecule has 136 valence electrons. The third-order valence-corrected chi connectivity index (χ3v) is 5.08. The van der Waals surface area contributed by atoms with E-state index in [2.05, 4.69) is 10.6 Å². The predicted octanol–water partition coefficient (Wildman–Crippen LogP) is 3.04. The van der Waals surface area contributed by atoms with Gasteiger partial charge in [-0.05, 0) is 44.0 Å². The maximum Gasteiger partial charge on any atom is 0.233 e. The van der Waals surface area contributed by atoms with Crippen molar-refractivity contribution in [3.05, 3.63) is 24.3 Å². The summed E-state index contributed by atoms with van der Waals surface area (Å²) in [5, 5.41) is 5.55. The Hall–Kier alpha value is -1.24. The van der Waals surface area contributed by atoms with Crippen molar-refractivity contribution in [2.45, 2.75) is 50.3 Å². The van der Waals surface area contributed by atoms with E-state index in [1.165, 1.54) is 18.7 Å². The lowest BCUT2D eigenvalue weighted by molar-refractivity contribution is -0.122. The van der Waals surface area contributed by atoms with Crippen LogP contribution >= 0.6 is 24.2 Å². The number of carbonyl (C=O) groups is 2. The van der Waals surface area contributed by atoms with Gasteiger partial charge in [-0.3, -0.25) is 9.59 Å². The van der Waals surface area contributed by atoms with E-state index in [1.807, 2.05) is 52.0 Å². The molecular formula is C17H28ClN3O2S. The van der Waals surface area contributed by atoms with Crippen molar-refractivity contribution in [2.24, 2.45) is 11.7 Å². The van der Waals surface area contributed by atoms with Crippen LogP contribution in [0.2, 0.25) is 0 Å². The van der Waals surface area contributed by atoms with Crippen LogP contribution in [0.25, 0.3) is 0 Å². The van der Waals surface area contributed by atoms with Crippen molar-refractivity contribution in [1.82, 2.24) is 5.32 Å². The number of nitrogens with two attached hydrogens (primary N) is 1. The van der Waals surface area contributed by atoms with E-state index < -0.39 is 5.54 Å². The Balaban J connectivity index is 0.00000529. The molecule has 0 saturated heterocycles. The third-order valence-electron chi connectivity index (χ3n) is 3.96. The molecule has 0 aliphatic rings. The number of rotatable bonds is 7. The van der Waals surface area contributed by atoms with Gasteiger partial charge in [0, 0.05) is 24.1 Å². The molecule has 0 spiro atoms. The molecule has 1 rings (SSSR count). The Morgan fingerprint density at radius 2 is 1.75 bits per heavy atom. The molecule has 2 unspecified atom stereocenters. The number of anilines is 1. The highest BCUT2D eigenvalue weighted by atomic mass is 35.5. The van der Waals surface area contributed by atoms with E-state index in [1.54, 1.807) is 0 Å². The van der Waals surface area contributed by atoms with Crippen LogP contribution in [0.5, 0.6) is 0 Å². The van der Waals surface area contributed by atoms with Gasteiger partial charge < -0.3 is 16.4 Å². The zero-order valence-electron chi connectivity index (χ0n) is 14.9. The van der Waals surface area contributed by atoms with Gasteiger partial charge >= 0.3 is 0 Å². The monoisotopic (exact) mass is 373 g/mol. The van der Waals surface area contributed by atoms with E-state index in [0.29, 0.717) is 6.54 Å². The zero-order valence-corrected chi connectivity index (χ0v) is 16.5. The third kappa shape index (κ3) is 6.71. The first-order valence-electron chi connectivity index (χ1n) is 7.74. The SMILES string of the molecule is CC(=O)Nc1ccc(SC(C)C(=O)NC(C)(CN)C(C)C)cc1.Cl. The van der Waals surface area contributed by atoms with Gasteiger partial charge in [0.15, 0.2) is 0 Å². The number of hydrogen-bond donors (Lipinski definition) is 3. The predicted molar refractivity (Wildman–Crippen MR) is 104 cm³/mol. The van der Waals surface area contributed by atoms with Crippen LogP contribution in [0.3, 0.4) is 0 Å². The number of benzene rings is 1. The van der Waals surface area contributed by atoms with Gasteiger partial charge in [0.2, 0.25) is 11.8 Å². The highest BCUT2D eigenvalue weighted by molar-refractivity contribution is 8.00. The van der Waals surface area contributed by atoms with Crippen molar-refractivity contribution >= 4 is 41.7 Å². The maximum atomic E-state index is 12.4. The molecule has 24 heavy (non-hydrogen) atoms. The number of carbonyl (C=O) groups excluding carboxylic acids is 2. The zero-order chi connectivity index (χ0) is 17.6. The number of halogens is 1. The quantitative estimate of drug-likeness (QED) is 0.641. The number of thioether (sulfide) groups is 1. The molecule has 5 nitrogen and oxygen atoms in total. The topological polar surface area (TPSA) is 84.2 Å². The number of hydrogen-bond acceptors (Lipinski definition) is 4. The van der Waals surface area contributed by atoms with Gasteiger partial charge in [-0.1, -0.05) is 13.8 Å². The molecular weight excluding hydrogens is 346 g/mol. The Morgan fingerprint density at radius 1 is 1.21 bits per heavy atom. The highest BCUT2D eigenvalue weighted by Gasteiger charge is 2.30. The van der Waals surface area contributed by atoms with Crippen LogP contribution in [0.15, 0.2) is 29.2 Å². The first kappa shape index (κ1) is 22.8. The summed E-state index contributed by atoms with van der Waals surface area (Å²) in [7, 11) is 0. The Morgan fingerprint density at radius 3 is 2.17 bits per heavy atom. The minimum atomic E-state index is -0.402. The maximum absolute atomic E-state index is 12.4. The summed E-state index contributed by atoms with van der Waals surface area (Å²) >= 11 is 1.48. The van der Waals surface area contributed by atoms with Crippen LogP contribution in [0, 0.1) is 5.92 Å². The second kappa shape index (κ2) is 9.91. The van der Waals surface area contributed by atoms with Crippen LogP contribution in [-0.4, -0.2) is 29.1 Å². The average molecular weight is 374 g/mol. The molecule has 0 aliphatic carbocycles. The second-order valence-corrected chi connectivity index (χ2v) is 7.65. The fourth-order valence-electron chi connectivity index (χ4n) is 1.89. The normalized spacial score (nSPS) is 14.3. The van der Waals surface area contributed by atoms with Gasteiger partial charge in [0.25, 0.3) is 0 Å². The van der Waals surface area contributed by atoms with Gasteiger partial charge in [-0.15, -0.1) is 24.2 Å². The molecule has 1 aromatic carbocycles. The molecule has 7 heteroatoms. The standard InChI is InChI=1S/C17H27N3O2S.ClH/c1-11(2)17(5,10-18)20-16(22)12(3)23-15-8-6-14(7-9-15)19-13(4)21;/h6-9,11-12H,10,18H2,1-5H3,(H,19,21)(H,20,22);1H. The lowest BCUT2D eigenvalue weighted by Gasteiger charge is -2.34. The van der Waals surface area contributed by atoms with E-state index in [9.17, 15) is 9.59 Å². The Labute approximate surface area is 154 Å². The molecule has 0 fully saturated rings. The van der Waals surface area contributed by atoms with E-state index in [-0.39, 0.29) is 35.4 Å². The van der Waals surface area contributed by atoms with Crippen molar-refractivity contribution in [1.29, 1.82) is 0 Å². The number of nitrogens with one attached hydrogen (secondary N) is 2. The summed E-state index contributed by atoms with van der Waals surface area (Å²) in [6.07, 6.45) is 0. The highest BCUT2D eigenvalue weighted by Crippen LogP contribution is 2.26. The molecule has 0 bridgehead atoms. The molecule has 1 aromatic rings. The smallest absolute Gasteiger partial charge is 0.233 e. The van der Waals surface area contributed by atoms with Crippen molar-refractivity contribution in [3.63, 3.8) is 0 Å². The van der Waals surface area contributed by atoms with Crippen LogP contribution in [0.4, 0.5) is 5.69 Å². The molecule has 0 aliphatic heterocycles. The second-order valence-electron chi connectivity index (χ2n) is 6.23. The fourth-order valence-corrected chi connectivity index (χ4v) is 2.76. The lowest BCUT2D eigenvalue weighted by atomic mass is 9.88. The van der Waals surface area contributed by atoms with Crippen molar-refractivity contribution in [3.8, 4) is 0 Å². The molecule has 2 amide bonds. The molecule has 0 aromatic heterocycles. The van der Waals surface area contributed by atoms with Crippen LogP contribution < -0.4 is 16.4 Å². The molecule has 2 atom stereocenters. The lowest BCUT2D eigenvalue weighted by Crippen LogP contribution is -2.56. The average Bonchev–Trinajstić information content (AvgIpc) is 2.48. The fraction of sp³-hybridized carbons (Fsp3) is 0.529. The van der Waals surface area contributed by atoms with E-state index in [0.717, 1.165) is 10.6 Å². The Kier molecular flexibility index (Phi) is 9.40. The summed E-state index contributed by atoms with van der Waals surface area (Å²) < 4.78 is 0. The van der Waals surface area contributed by atoms with Crippen LogP contribution in [0.1, 0.15) is 34.6 Å². The summed E-state index contributed by atoms with van der Waals surface area (Å²) in [4.78, 5) is 24.4. The minimum Gasteiger partial charge on any atom is -0.348 e. The van der Waals surface area contributed by atoms with E-state index in [4.69, 9.17) is 5.73 Å². The van der Waals surface area contributed by atoms with Crippen LogP contribution in [-0.2, 0) is 9.59 Å². The molecule has 0 saturated carbocycles. The van der Waals surface area contributed by atoms with Crippen molar-refractivity contribution < 1.29 is 9.59 Å². The summed E-state index contributed by atoms with van der Waals surface area (Å²) in [5.41, 5.74) is 6.15. The van der Waals surface area contributed by atoms with Gasteiger partial charge in [0.1, 0.15) is 0 Å². The summed E-state index contributed by atoms with van der Waals surface area (Å²) in [5.74, 6) is 0.126. The molecule has 0 heterocycles. The van der Waals surface area contributed by atoms with E-state index >= 15 is 0 Å². The summed E-state index contributed by atoms with van der Waals surface area (Å²) in [6, 6.07) is 7.44. The van der Waals surface area contributed by atoms with Crippen molar-refractivity contribution in [2.75, 3.05) is 11.9 Å². The van der Waals surface area contributed by atoms with Gasteiger partial charge in [0.05, 0.1) is 10.8 Å². The van der Waals surface area contributed by atoms with Gasteiger partial charge in [-0.25, -0.2) is 0 Å². The first-order chi connectivity index (χ1) is 10.7. The first-order valence-corrected chi connectivity index (χ1v) is 8.62.